The second-order valence-corrected chi connectivity index (χ2v) is 11.0. The Hall–Kier alpha value is -1.81. The number of alkyl halides is 3. The maximum absolute atomic E-state index is 12.5. The van der Waals surface area contributed by atoms with Gasteiger partial charge in [0.2, 0.25) is 15.9 Å². The largest absolute Gasteiger partial charge is 0.468 e. The van der Waals surface area contributed by atoms with E-state index in [4.69, 9.17) is 4.74 Å². The van der Waals surface area contributed by atoms with Crippen LogP contribution in [0.4, 0.5) is 13.2 Å². The second-order valence-electron chi connectivity index (χ2n) is 8.49. The van der Waals surface area contributed by atoms with E-state index in [2.05, 4.69) is 14.7 Å². The summed E-state index contributed by atoms with van der Waals surface area (Å²) < 4.78 is 68.8. The Morgan fingerprint density at radius 3 is 2.45 bits per heavy atom. The van der Waals surface area contributed by atoms with Gasteiger partial charge in [0.25, 0.3) is 0 Å². The number of halogens is 3. The van der Waals surface area contributed by atoms with Crippen molar-refractivity contribution in [3.63, 3.8) is 0 Å². The molecule has 1 saturated carbocycles. The van der Waals surface area contributed by atoms with E-state index in [1.807, 2.05) is 0 Å². The van der Waals surface area contributed by atoms with Gasteiger partial charge in [-0.05, 0) is 64.5 Å². The molecule has 0 radical (unpaired) electrons. The van der Waals surface area contributed by atoms with Gasteiger partial charge in [-0.25, -0.2) is 18.1 Å². The minimum atomic E-state index is -4.43. The minimum absolute atomic E-state index is 0.0473. The van der Waals surface area contributed by atoms with Crippen LogP contribution in [0.3, 0.4) is 0 Å². The maximum atomic E-state index is 12.5. The molecule has 0 saturated heterocycles. The van der Waals surface area contributed by atoms with Crippen LogP contribution in [-0.2, 0) is 10.0 Å². The Morgan fingerprint density at radius 1 is 1.21 bits per heavy atom. The van der Waals surface area contributed by atoms with E-state index in [-0.39, 0.29) is 17.8 Å². The van der Waals surface area contributed by atoms with Crippen molar-refractivity contribution in [2.45, 2.75) is 69.3 Å². The fourth-order valence-corrected chi connectivity index (χ4v) is 4.48. The summed E-state index contributed by atoms with van der Waals surface area (Å²) in [5, 5.41) is 0.516. The van der Waals surface area contributed by atoms with Crippen LogP contribution >= 0.6 is 0 Å². The molecule has 0 unspecified atom stereocenters. The Balaban J connectivity index is 1.68. The zero-order valence-corrected chi connectivity index (χ0v) is 17.5. The number of pyridine rings is 1. The summed E-state index contributed by atoms with van der Waals surface area (Å²) in [4.78, 5) is 7.18. The lowest BCUT2D eigenvalue weighted by Gasteiger charge is -2.31. The molecule has 1 fully saturated rings. The number of aromatic nitrogens is 2. The smallest absolute Gasteiger partial charge is 0.422 e. The number of H-pyrrole nitrogens is 1. The van der Waals surface area contributed by atoms with Crippen molar-refractivity contribution in [1.29, 1.82) is 0 Å². The molecule has 1 aliphatic rings. The lowest BCUT2D eigenvalue weighted by Crippen LogP contribution is -2.45. The fourth-order valence-electron chi connectivity index (χ4n) is 3.45. The number of sulfonamides is 1. The molecule has 29 heavy (non-hydrogen) atoms. The van der Waals surface area contributed by atoms with Crippen LogP contribution in [0.2, 0.25) is 0 Å². The number of nitrogens with one attached hydrogen (secondary N) is 2. The van der Waals surface area contributed by atoms with Crippen LogP contribution in [-0.4, -0.2) is 42.0 Å². The van der Waals surface area contributed by atoms with Gasteiger partial charge in [-0.1, -0.05) is 0 Å². The van der Waals surface area contributed by atoms with Crippen molar-refractivity contribution in [2.75, 3.05) is 6.61 Å². The Bertz CT molecular complexity index is 956. The van der Waals surface area contributed by atoms with Crippen LogP contribution in [0.15, 0.2) is 18.3 Å². The number of ether oxygens (including phenoxy) is 1. The van der Waals surface area contributed by atoms with E-state index < -0.39 is 27.6 Å². The number of aromatic amines is 1. The molecule has 3 rings (SSSR count). The van der Waals surface area contributed by atoms with Crippen LogP contribution in [0.5, 0.6) is 5.88 Å². The van der Waals surface area contributed by atoms with Gasteiger partial charge >= 0.3 is 6.18 Å². The SMILES string of the molecule is CC(C)(C)S(=O)(=O)NC1CCC(c2cc3c(OCC(F)(F)F)nccc3[nH]2)CC1. The summed E-state index contributed by atoms with van der Waals surface area (Å²) in [7, 11) is -3.40. The molecule has 0 spiro atoms. The standard InChI is InChI=1S/C19H26F3N3O3S/c1-18(2,3)29(26,27)25-13-6-4-12(5-7-13)16-10-14-15(24-16)8-9-23-17(14)28-11-19(20,21)22/h8-10,12-13,24-25H,4-7,11H2,1-3H3. The monoisotopic (exact) mass is 433 g/mol. The molecule has 6 nitrogen and oxygen atoms in total. The molecule has 0 bridgehead atoms. The van der Waals surface area contributed by atoms with Crippen molar-refractivity contribution < 1.29 is 26.3 Å². The molecule has 2 aromatic heterocycles. The molecule has 1 aliphatic carbocycles. The van der Waals surface area contributed by atoms with E-state index >= 15 is 0 Å². The van der Waals surface area contributed by atoms with Crippen molar-refractivity contribution >= 4 is 20.9 Å². The Morgan fingerprint density at radius 2 is 1.86 bits per heavy atom. The van der Waals surface area contributed by atoms with Gasteiger partial charge in [0.05, 0.1) is 15.6 Å². The lowest BCUT2D eigenvalue weighted by atomic mass is 9.84. The summed E-state index contributed by atoms with van der Waals surface area (Å²) >= 11 is 0. The molecule has 10 heteroatoms. The van der Waals surface area contributed by atoms with Crippen molar-refractivity contribution in [2.24, 2.45) is 0 Å². The summed E-state index contributed by atoms with van der Waals surface area (Å²) in [6, 6.07) is 3.38. The van der Waals surface area contributed by atoms with Crippen molar-refractivity contribution in [3.05, 3.63) is 24.0 Å². The minimum Gasteiger partial charge on any atom is -0.468 e. The lowest BCUT2D eigenvalue weighted by molar-refractivity contribution is -0.153. The molecule has 162 valence electrons. The molecule has 0 aromatic carbocycles. The van der Waals surface area contributed by atoms with Crippen LogP contribution in [0, 0.1) is 0 Å². The van der Waals surface area contributed by atoms with Crippen molar-refractivity contribution in [3.8, 4) is 5.88 Å². The highest BCUT2D eigenvalue weighted by molar-refractivity contribution is 7.90. The molecule has 2 aromatic rings. The number of nitrogens with zero attached hydrogens (tertiary/aromatic N) is 1. The first-order valence-corrected chi connectivity index (χ1v) is 11.0. The van der Waals surface area contributed by atoms with E-state index in [0.29, 0.717) is 23.7 Å². The normalized spacial score (nSPS) is 21.4. The fraction of sp³-hybridized carbons (Fsp3) is 0.632. The molecular formula is C19H26F3N3O3S. The van der Waals surface area contributed by atoms with Gasteiger partial charge in [-0.15, -0.1) is 0 Å². The van der Waals surface area contributed by atoms with Gasteiger partial charge in [-0.2, -0.15) is 13.2 Å². The maximum Gasteiger partial charge on any atom is 0.422 e. The summed E-state index contributed by atoms with van der Waals surface area (Å²) in [5.74, 6) is 0.127. The van der Waals surface area contributed by atoms with Gasteiger partial charge in [0, 0.05) is 17.9 Å². The predicted octanol–water partition coefficient (Wildman–Crippen LogP) is 4.25. The molecule has 0 atom stereocenters. The molecule has 2 heterocycles. The van der Waals surface area contributed by atoms with Crippen LogP contribution in [0.1, 0.15) is 58.1 Å². The van der Waals surface area contributed by atoms with Crippen LogP contribution in [0.25, 0.3) is 10.9 Å². The third-order valence-corrected chi connectivity index (χ3v) is 7.46. The topological polar surface area (TPSA) is 84.1 Å². The zero-order chi connectivity index (χ0) is 21.4. The van der Waals surface area contributed by atoms with E-state index in [0.717, 1.165) is 18.5 Å². The van der Waals surface area contributed by atoms with Crippen LogP contribution < -0.4 is 9.46 Å². The zero-order valence-electron chi connectivity index (χ0n) is 16.6. The molecule has 0 amide bonds. The second kappa shape index (κ2) is 7.79. The summed E-state index contributed by atoms with van der Waals surface area (Å²) in [6.45, 7) is 3.60. The highest BCUT2D eigenvalue weighted by atomic mass is 32.2. The quantitative estimate of drug-likeness (QED) is 0.738. The Kier molecular flexibility index (Phi) is 5.88. The third kappa shape index (κ3) is 5.22. The first-order valence-electron chi connectivity index (χ1n) is 9.55. The summed E-state index contributed by atoms with van der Waals surface area (Å²) in [6.07, 6.45) is -0.0725. The predicted molar refractivity (Wildman–Crippen MR) is 104 cm³/mol. The van der Waals surface area contributed by atoms with Gasteiger partial charge in [0.1, 0.15) is 0 Å². The Labute approximate surface area is 168 Å². The van der Waals surface area contributed by atoms with E-state index in [1.165, 1.54) is 6.20 Å². The third-order valence-electron chi connectivity index (χ3n) is 5.20. The highest BCUT2D eigenvalue weighted by Gasteiger charge is 2.33. The number of rotatable bonds is 5. The van der Waals surface area contributed by atoms with E-state index in [9.17, 15) is 21.6 Å². The average molecular weight is 433 g/mol. The molecule has 0 aliphatic heterocycles. The average Bonchev–Trinajstić information content (AvgIpc) is 3.03. The number of hydrogen-bond donors (Lipinski definition) is 2. The van der Waals surface area contributed by atoms with Gasteiger partial charge in [0.15, 0.2) is 6.61 Å². The first kappa shape index (κ1) is 21.9. The number of hydrogen-bond acceptors (Lipinski definition) is 4. The molecular weight excluding hydrogens is 407 g/mol. The van der Waals surface area contributed by atoms with Gasteiger partial charge < -0.3 is 9.72 Å². The van der Waals surface area contributed by atoms with Crippen molar-refractivity contribution in [1.82, 2.24) is 14.7 Å². The highest BCUT2D eigenvalue weighted by Crippen LogP contribution is 2.36. The molecule has 2 N–H and O–H groups in total. The van der Waals surface area contributed by atoms with E-state index in [1.54, 1.807) is 32.9 Å². The van der Waals surface area contributed by atoms with Gasteiger partial charge in [-0.3, -0.25) is 0 Å². The number of fused-ring (bicyclic) bond motifs is 1. The first-order chi connectivity index (χ1) is 13.4. The summed E-state index contributed by atoms with van der Waals surface area (Å²) in [5.41, 5.74) is 1.57.